The fourth-order valence-electron chi connectivity index (χ4n) is 4.10. The summed E-state index contributed by atoms with van der Waals surface area (Å²) in [4.78, 5) is 1.40. The molecule has 0 aliphatic heterocycles. The van der Waals surface area contributed by atoms with Crippen molar-refractivity contribution in [2.24, 2.45) is 0 Å². The average Bonchev–Trinajstić information content (AvgIpc) is 3.24. The molecule has 146 valence electrons. The molecule has 0 nitrogen and oxygen atoms in total. The van der Waals surface area contributed by atoms with E-state index in [1.165, 1.54) is 54.4 Å². The Hall–Kier alpha value is -0.180. The van der Waals surface area contributed by atoms with E-state index in [4.69, 9.17) is 0 Å². The quantitative estimate of drug-likeness (QED) is 0.197. The molecule has 0 aliphatic rings. The monoisotopic (exact) mass is 630 g/mol. The molecule has 4 heteroatoms. The van der Waals surface area contributed by atoms with Crippen molar-refractivity contribution >= 4 is 88.0 Å². The molecule has 0 saturated carbocycles. The summed E-state index contributed by atoms with van der Waals surface area (Å²) >= 11 is 8.87. The smallest absolute Gasteiger partial charge is 0.0385 e. The van der Waals surface area contributed by atoms with E-state index in [1.807, 2.05) is 22.7 Å². The Labute approximate surface area is 203 Å². The van der Waals surface area contributed by atoms with E-state index >= 15 is 0 Å². The number of halogens is 2. The molecule has 2 aromatic carbocycles. The molecule has 0 N–H and O–H groups in total. The van der Waals surface area contributed by atoms with Gasteiger partial charge in [-0.2, -0.15) is 0 Å². The summed E-state index contributed by atoms with van der Waals surface area (Å²) in [6, 6.07) is 9.49. The van der Waals surface area contributed by atoms with Crippen molar-refractivity contribution in [3.63, 3.8) is 0 Å². The third-order valence-electron chi connectivity index (χ3n) is 5.86. The van der Waals surface area contributed by atoms with Crippen molar-refractivity contribution in [1.29, 1.82) is 0 Å². The SMILES string of the molecule is Cc1cc2c(I)c(CCC(C)(C)c3cc(I)c(C)c4sccc34)c(C)cc2s1. The van der Waals surface area contributed by atoms with Crippen LogP contribution in [0.15, 0.2) is 29.6 Å². The Balaban J connectivity index is 1.71. The average molecular weight is 630 g/mol. The molecule has 0 atom stereocenters. The second-order valence-corrected chi connectivity index (χ2v) is 12.8. The van der Waals surface area contributed by atoms with Gasteiger partial charge in [0.15, 0.2) is 0 Å². The van der Waals surface area contributed by atoms with Crippen LogP contribution in [0, 0.1) is 27.9 Å². The van der Waals surface area contributed by atoms with Gasteiger partial charge in [-0.1, -0.05) is 13.8 Å². The Kier molecular flexibility index (Phi) is 5.88. The highest BCUT2D eigenvalue weighted by molar-refractivity contribution is 14.1. The Morgan fingerprint density at radius 3 is 2.50 bits per heavy atom. The highest BCUT2D eigenvalue weighted by Crippen LogP contribution is 2.40. The van der Waals surface area contributed by atoms with Gasteiger partial charge in [0.1, 0.15) is 0 Å². The van der Waals surface area contributed by atoms with Crippen molar-refractivity contribution in [1.82, 2.24) is 0 Å². The minimum atomic E-state index is 0.141. The van der Waals surface area contributed by atoms with Gasteiger partial charge in [0, 0.05) is 26.8 Å². The van der Waals surface area contributed by atoms with Crippen molar-refractivity contribution < 1.29 is 0 Å². The van der Waals surface area contributed by atoms with E-state index in [1.54, 1.807) is 0 Å². The summed E-state index contributed by atoms with van der Waals surface area (Å²) in [5.41, 5.74) is 6.03. The minimum Gasteiger partial charge on any atom is -0.143 e. The lowest BCUT2D eigenvalue weighted by Gasteiger charge is -2.28. The van der Waals surface area contributed by atoms with Gasteiger partial charge in [0.25, 0.3) is 0 Å². The van der Waals surface area contributed by atoms with Crippen LogP contribution in [-0.2, 0) is 11.8 Å². The lowest BCUT2D eigenvalue weighted by atomic mass is 9.77. The van der Waals surface area contributed by atoms with Gasteiger partial charge >= 0.3 is 0 Å². The second kappa shape index (κ2) is 7.82. The third-order valence-corrected chi connectivity index (χ3v) is 10.2. The van der Waals surface area contributed by atoms with Gasteiger partial charge in [-0.3, -0.25) is 0 Å². The largest absolute Gasteiger partial charge is 0.143 e. The van der Waals surface area contributed by atoms with Crippen molar-refractivity contribution in [3.05, 3.63) is 63.9 Å². The summed E-state index contributed by atoms with van der Waals surface area (Å²) in [5.74, 6) is 0. The second-order valence-electron chi connectivity index (χ2n) is 8.33. The number of hydrogen-bond acceptors (Lipinski definition) is 2. The van der Waals surface area contributed by atoms with E-state index in [-0.39, 0.29) is 5.41 Å². The zero-order valence-corrected chi connectivity index (χ0v) is 22.8. The number of hydrogen-bond donors (Lipinski definition) is 0. The molecule has 2 aromatic heterocycles. The summed E-state index contributed by atoms with van der Waals surface area (Å²) in [6.45, 7) is 11.6. The molecule has 0 amide bonds. The predicted molar refractivity (Wildman–Crippen MR) is 145 cm³/mol. The minimum absolute atomic E-state index is 0.141. The topological polar surface area (TPSA) is 0 Å². The van der Waals surface area contributed by atoms with Crippen LogP contribution in [0.3, 0.4) is 0 Å². The third kappa shape index (κ3) is 3.67. The van der Waals surface area contributed by atoms with Crippen LogP contribution in [0.1, 0.15) is 47.4 Å². The standard InChI is InChI=1S/C24H24I2S2/c1-13-10-21-18(11-14(2)28-21)22(26)16(13)6-8-24(4,5)19-12-20(25)15(3)23-17(19)7-9-27-23/h7,9-12H,6,8H2,1-5H3. The molecular formula is C24H24I2S2. The van der Waals surface area contributed by atoms with Crippen LogP contribution >= 0.6 is 67.9 Å². The summed E-state index contributed by atoms with van der Waals surface area (Å²) in [6.07, 6.45) is 2.28. The molecule has 0 aliphatic carbocycles. The fraction of sp³-hybridized carbons (Fsp3) is 0.333. The van der Waals surface area contributed by atoms with Gasteiger partial charge < -0.3 is 0 Å². The zero-order chi connectivity index (χ0) is 20.2. The molecule has 0 saturated heterocycles. The Bertz CT molecular complexity index is 1190. The highest BCUT2D eigenvalue weighted by Gasteiger charge is 2.25. The number of thiophene rings is 2. The van der Waals surface area contributed by atoms with Gasteiger partial charge in [-0.25, -0.2) is 0 Å². The van der Waals surface area contributed by atoms with Crippen LogP contribution in [0.25, 0.3) is 20.2 Å². The van der Waals surface area contributed by atoms with E-state index in [9.17, 15) is 0 Å². The van der Waals surface area contributed by atoms with Crippen molar-refractivity contribution in [3.8, 4) is 0 Å². The van der Waals surface area contributed by atoms with Gasteiger partial charge in [-0.05, 0) is 141 Å². The molecule has 0 radical (unpaired) electrons. The molecule has 0 unspecified atom stereocenters. The van der Waals surface area contributed by atoms with E-state index in [0.29, 0.717) is 0 Å². The van der Waals surface area contributed by atoms with E-state index < -0.39 is 0 Å². The molecule has 4 rings (SSSR count). The van der Waals surface area contributed by atoms with Crippen LogP contribution in [0.4, 0.5) is 0 Å². The first kappa shape index (κ1) is 21.1. The van der Waals surface area contributed by atoms with Gasteiger partial charge in [-0.15, -0.1) is 22.7 Å². The number of fused-ring (bicyclic) bond motifs is 2. The van der Waals surface area contributed by atoms with Crippen LogP contribution < -0.4 is 0 Å². The number of benzene rings is 2. The maximum atomic E-state index is 2.57. The summed E-state index contributed by atoms with van der Waals surface area (Å²) in [5, 5.41) is 5.13. The maximum Gasteiger partial charge on any atom is 0.0385 e. The van der Waals surface area contributed by atoms with Crippen LogP contribution in [-0.4, -0.2) is 0 Å². The first-order valence-corrected chi connectivity index (χ1v) is 13.4. The first-order chi connectivity index (χ1) is 13.2. The number of aryl methyl sites for hydroxylation is 3. The molecule has 0 bridgehead atoms. The molecule has 2 heterocycles. The molecule has 0 fully saturated rings. The summed E-state index contributed by atoms with van der Waals surface area (Å²) in [7, 11) is 0. The lowest BCUT2D eigenvalue weighted by molar-refractivity contribution is 0.483. The molecular weight excluding hydrogens is 606 g/mol. The maximum absolute atomic E-state index is 2.57. The Morgan fingerprint density at radius 2 is 1.75 bits per heavy atom. The number of rotatable bonds is 4. The van der Waals surface area contributed by atoms with Gasteiger partial charge in [0.2, 0.25) is 0 Å². The highest BCUT2D eigenvalue weighted by atomic mass is 127. The molecule has 0 spiro atoms. The van der Waals surface area contributed by atoms with Crippen molar-refractivity contribution in [2.45, 2.75) is 52.9 Å². The van der Waals surface area contributed by atoms with Gasteiger partial charge in [0.05, 0.1) is 0 Å². The molecule has 28 heavy (non-hydrogen) atoms. The predicted octanol–water partition coefficient (Wildman–Crippen LogP) is 9.16. The van der Waals surface area contributed by atoms with Crippen LogP contribution in [0.2, 0.25) is 0 Å². The van der Waals surface area contributed by atoms with Crippen LogP contribution in [0.5, 0.6) is 0 Å². The van der Waals surface area contributed by atoms with E-state index in [0.717, 1.165) is 12.8 Å². The first-order valence-electron chi connectivity index (χ1n) is 9.54. The normalized spacial score (nSPS) is 12.4. The Morgan fingerprint density at radius 1 is 1.00 bits per heavy atom. The summed E-state index contributed by atoms with van der Waals surface area (Å²) < 4.78 is 5.72. The molecule has 4 aromatic rings. The zero-order valence-electron chi connectivity index (χ0n) is 16.9. The lowest BCUT2D eigenvalue weighted by Crippen LogP contribution is -2.19. The fourth-order valence-corrected chi connectivity index (χ4v) is 8.15. The van der Waals surface area contributed by atoms with Crippen molar-refractivity contribution in [2.75, 3.05) is 0 Å². The van der Waals surface area contributed by atoms with E-state index in [2.05, 4.69) is 109 Å².